The van der Waals surface area contributed by atoms with Gasteiger partial charge >= 0.3 is 0 Å². The summed E-state index contributed by atoms with van der Waals surface area (Å²) in [5.74, 6) is -0.251. The smallest absolute Gasteiger partial charge is 0.269 e. The van der Waals surface area contributed by atoms with Crippen LogP contribution < -0.4 is 4.74 Å². The molecular weight excluding hydrogens is 216 g/mol. The Morgan fingerprint density at radius 3 is 2.62 bits per heavy atom. The van der Waals surface area contributed by atoms with E-state index >= 15 is 0 Å². The lowest BCUT2D eigenvalue weighted by Crippen LogP contribution is -2.04. The molecule has 4 nitrogen and oxygen atoms in total. The van der Waals surface area contributed by atoms with Gasteiger partial charge in [-0.25, -0.2) is 13.8 Å². The number of nitrogens with zero attached hydrogens (tertiary/aromatic N) is 3. The summed E-state index contributed by atoms with van der Waals surface area (Å²) in [5, 5.41) is 17.3. The van der Waals surface area contributed by atoms with E-state index in [4.69, 9.17) is 10.5 Å². The third-order valence-electron chi connectivity index (χ3n) is 1.98. The molecule has 0 saturated carbocycles. The molecule has 0 fully saturated rings. The second kappa shape index (κ2) is 5.04. The lowest BCUT2D eigenvalue weighted by molar-refractivity contribution is 0.145. The quantitative estimate of drug-likeness (QED) is 0.785. The SMILES string of the molecule is COc1ncc(C#N)c(CC#N)c1C(F)F. The number of rotatable bonds is 3. The fraction of sp³-hybridized carbons (Fsp3) is 0.300. The zero-order chi connectivity index (χ0) is 12.1. The third-order valence-corrected chi connectivity index (χ3v) is 1.98. The summed E-state index contributed by atoms with van der Waals surface area (Å²) in [4.78, 5) is 3.60. The van der Waals surface area contributed by atoms with Crippen molar-refractivity contribution in [2.24, 2.45) is 0 Å². The molecule has 16 heavy (non-hydrogen) atoms. The Bertz CT molecular complexity index is 474. The molecule has 0 unspecified atom stereocenters. The summed E-state index contributed by atoms with van der Waals surface area (Å²) in [6, 6.07) is 3.46. The number of methoxy groups -OCH3 is 1. The van der Waals surface area contributed by atoms with Crippen molar-refractivity contribution in [2.75, 3.05) is 7.11 Å². The summed E-state index contributed by atoms with van der Waals surface area (Å²) in [6.07, 6.45) is -1.99. The first-order valence-corrected chi connectivity index (χ1v) is 4.26. The van der Waals surface area contributed by atoms with Crippen LogP contribution in [0.25, 0.3) is 0 Å². The second-order valence-electron chi connectivity index (χ2n) is 2.82. The summed E-state index contributed by atoms with van der Waals surface area (Å²) in [7, 11) is 1.20. The Balaban J connectivity index is 3.49. The fourth-order valence-corrected chi connectivity index (χ4v) is 1.30. The Morgan fingerprint density at radius 2 is 2.19 bits per heavy atom. The molecule has 0 aromatic carbocycles. The number of hydrogen-bond acceptors (Lipinski definition) is 4. The molecule has 0 aliphatic carbocycles. The molecule has 0 radical (unpaired) electrons. The van der Waals surface area contributed by atoms with Gasteiger partial charge in [-0.3, -0.25) is 0 Å². The maximum absolute atomic E-state index is 12.8. The third kappa shape index (κ3) is 2.06. The van der Waals surface area contributed by atoms with Gasteiger partial charge in [0, 0.05) is 6.20 Å². The highest BCUT2D eigenvalue weighted by Gasteiger charge is 2.22. The number of ether oxygens (including phenoxy) is 1. The molecule has 0 aliphatic rings. The van der Waals surface area contributed by atoms with Crippen LogP contribution in [0.15, 0.2) is 6.20 Å². The molecule has 1 rings (SSSR count). The fourth-order valence-electron chi connectivity index (χ4n) is 1.30. The Morgan fingerprint density at radius 1 is 1.50 bits per heavy atom. The minimum Gasteiger partial charge on any atom is -0.481 e. The van der Waals surface area contributed by atoms with E-state index in [9.17, 15) is 8.78 Å². The number of alkyl halides is 2. The number of halogens is 2. The maximum atomic E-state index is 12.8. The van der Waals surface area contributed by atoms with Crippen LogP contribution in [0.5, 0.6) is 5.88 Å². The number of aromatic nitrogens is 1. The van der Waals surface area contributed by atoms with Crippen LogP contribution in [0.4, 0.5) is 8.78 Å². The van der Waals surface area contributed by atoms with Crippen LogP contribution in [0, 0.1) is 22.7 Å². The van der Waals surface area contributed by atoms with Crippen molar-refractivity contribution in [3.8, 4) is 18.0 Å². The van der Waals surface area contributed by atoms with Gasteiger partial charge < -0.3 is 4.74 Å². The largest absolute Gasteiger partial charge is 0.481 e. The average molecular weight is 223 g/mol. The molecule has 0 atom stereocenters. The van der Waals surface area contributed by atoms with E-state index in [1.165, 1.54) is 7.11 Å². The lowest BCUT2D eigenvalue weighted by Gasteiger charge is -2.11. The summed E-state index contributed by atoms with van der Waals surface area (Å²) < 4.78 is 30.2. The van der Waals surface area contributed by atoms with E-state index in [0.717, 1.165) is 6.20 Å². The van der Waals surface area contributed by atoms with Gasteiger partial charge in [-0.05, 0) is 5.56 Å². The van der Waals surface area contributed by atoms with Crippen molar-refractivity contribution >= 4 is 0 Å². The monoisotopic (exact) mass is 223 g/mol. The van der Waals surface area contributed by atoms with Gasteiger partial charge in [-0.1, -0.05) is 0 Å². The number of pyridine rings is 1. The molecule has 6 heteroatoms. The maximum Gasteiger partial charge on any atom is 0.269 e. The minimum absolute atomic E-state index is 0.0214. The van der Waals surface area contributed by atoms with Gasteiger partial charge in [0.2, 0.25) is 5.88 Å². The van der Waals surface area contributed by atoms with Gasteiger partial charge in [0.15, 0.2) is 0 Å². The van der Waals surface area contributed by atoms with Crippen LogP contribution >= 0.6 is 0 Å². The van der Waals surface area contributed by atoms with Crippen molar-refractivity contribution in [1.29, 1.82) is 10.5 Å². The van der Waals surface area contributed by atoms with Crippen molar-refractivity contribution in [2.45, 2.75) is 12.8 Å². The van der Waals surface area contributed by atoms with E-state index in [1.807, 2.05) is 0 Å². The molecule has 1 heterocycles. The van der Waals surface area contributed by atoms with Crippen LogP contribution in [0.2, 0.25) is 0 Å². The molecule has 82 valence electrons. The average Bonchev–Trinajstić information content (AvgIpc) is 2.28. The standard InChI is InChI=1S/C10H7F2N3O/c1-16-10-8(9(11)12)7(2-3-13)6(4-14)5-15-10/h5,9H,2H2,1H3. The molecule has 1 aromatic heterocycles. The highest BCUT2D eigenvalue weighted by Crippen LogP contribution is 2.32. The number of nitriles is 2. The molecule has 0 bridgehead atoms. The molecule has 0 spiro atoms. The topological polar surface area (TPSA) is 69.7 Å². The van der Waals surface area contributed by atoms with Crippen molar-refractivity contribution < 1.29 is 13.5 Å². The van der Waals surface area contributed by atoms with Gasteiger partial charge in [-0.2, -0.15) is 10.5 Å². The van der Waals surface area contributed by atoms with Crippen molar-refractivity contribution in [3.05, 3.63) is 22.9 Å². The van der Waals surface area contributed by atoms with Gasteiger partial charge in [-0.15, -0.1) is 0 Å². The highest BCUT2D eigenvalue weighted by molar-refractivity contribution is 5.47. The highest BCUT2D eigenvalue weighted by atomic mass is 19.3. The van der Waals surface area contributed by atoms with E-state index in [2.05, 4.69) is 9.72 Å². The van der Waals surface area contributed by atoms with Crippen LogP contribution in [-0.2, 0) is 6.42 Å². The number of hydrogen-bond donors (Lipinski definition) is 0. The normalized spacial score (nSPS) is 9.62. The Labute approximate surface area is 90.7 Å². The zero-order valence-electron chi connectivity index (χ0n) is 8.37. The van der Waals surface area contributed by atoms with E-state index in [1.54, 1.807) is 12.1 Å². The van der Waals surface area contributed by atoms with Crippen LogP contribution in [0.3, 0.4) is 0 Å². The Hall–Kier alpha value is -2.21. The molecule has 1 aromatic rings. The van der Waals surface area contributed by atoms with Gasteiger partial charge in [0.1, 0.15) is 6.07 Å². The van der Waals surface area contributed by atoms with Crippen molar-refractivity contribution in [1.82, 2.24) is 4.98 Å². The molecule has 0 amide bonds. The van der Waals surface area contributed by atoms with E-state index < -0.39 is 12.0 Å². The summed E-state index contributed by atoms with van der Waals surface area (Å²) in [5.41, 5.74) is -0.535. The first-order valence-electron chi connectivity index (χ1n) is 4.26. The van der Waals surface area contributed by atoms with Crippen LogP contribution in [-0.4, -0.2) is 12.1 Å². The first kappa shape index (κ1) is 11.9. The second-order valence-corrected chi connectivity index (χ2v) is 2.82. The van der Waals surface area contributed by atoms with E-state index in [0.29, 0.717) is 0 Å². The van der Waals surface area contributed by atoms with E-state index in [-0.39, 0.29) is 23.4 Å². The molecule has 0 N–H and O–H groups in total. The van der Waals surface area contributed by atoms with Gasteiger partial charge in [0.25, 0.3) is 6.43 Å². The minimum atomic E-state index is -2.83. The van der Waals surface area contributed by atoms with Crippen LogP contribution in [0.1, 0.15) is 23.1 Å². The zero-order valence-corrected chi connectivity index (χ0v) is 8.37. The Kier molecular flexibility index (Phi) is 3.73. The summed E-state index contributed by atoms with van der Waals surface area (Å²) in [6.45, 7) is 0. The molecule has 0 saturated heterocycles. The van der Waals surface area contributed by atoms with Crippen molar-refractivity contribution in [3.63, 3.8) is 0 Å². The molecular formula is C10H7F2N3O. The first-order chi connectivity index (χ1) is 7.65. The lowest BCUT2D eigenvalue weighted by atomic mass is 10.0. The predicted molar refractivity (Wildman–Crippen MR) is 49.8 cm³/mol. The molecule has 0 aliphatic heterocycles. The predicted octanol–water partition coefficient (Wildman–Crippen LogP) is 1.97. The van der Waals surface area contributed by atoms with Gasteiger partial charge in [0.05, 0.1) is 30.7 Å². The summed E-state index contributed by atoms with van der Waals surface area (Å²) >= 11 is 0.